The van der Waals surface area contributed by atoms with E-state index in [1.165, 1.54) is 0 Å². The molecule has 0 aliphatic carbocycles. The third-order valence-corrected chi connectivity index (χ3v) is 4.52. The van der Waals surface area contributed by atoms with Crippen molar-refractivity contribution in [2.45, 2.75) is 32.5 Å². The smallest absolute Gasteiger partial charge is 0.407 e. The van der Waals surface area contributed by atoms with E-state index in [2.05, 4.69) is 17.2 Å². The van der Waals surface area contributed by atoms with Crippen LogP contribution < -0.4 is 10.1 Å². The maximum atomic E-state index is 12.0. The lowest BCUT2D eigenvalue weighted by atomic mass is 9.84. The topological polar surface area (TPSA) is 60.5 Å². The van der Waals surface area contributed by atoms with E-state index in [0.29, 0.717) is 6.54 Å². The van der Waals surface area contributed by atoms with Gasteiger partial charge >= 0.3 is 6.09 Å². The van der Waals surface area contributed by atoms with E-state index in [1.54, 1.807) is 6.20 Å². The van der Waals surface area contributed by atoms with Crippen LogP contribution in [0.4, 0.5) is 4.79 Å². The molecule has 5 nitrogen and oxygen atoms in total. The first-order valence-corrected chi connectivity index (χ1v) is 8.21. The quantitative estimate of drug-likeness (QED) is 0.934. The van der Waals surface area contributed by atoms with Gasteiger partial charge in [0.15, 0.2) is 0 Å². The Morgan fingerprint density at radius 3 is 2.79 bits per heavy atom. The highest BCUT2D eigenvalue weighted by Gasteiger charge is 2.34. The zero-order valence-electron chi connectivity index (χ0n) is 13.9. The molecular weight excluding hydrogens is 304 g/mol. The first-order chi connectivity index (χ1) is 11.6. The molecule has 0 radical (unpaired) electrons. The summed E-state index contributed by atoms with van der Waals surface area (Å²) in [5.41, 5.74) is 1.86. The molecule has 0 saturated heterocycles. The minimum absolute atomic E-state index is 0.0776. The lowest BCUT2D eigenvalue weighted by Crippen LogP contribution is -2.39. The van der Waals surface area contributed by atoms with Crippen LogP contribution in [-0.4, -0.2) is 23.7 Å². The Morgan fingerprint density at radius 2 is 2.00 bits per heavy atom. The van der Waals surface area contributed by atoms with Gasteiger partial charge < -0.3 is 14.8 Å². The second-order valence-electron chi connectivity index (χ2n) is 6.12. The van der Waals surface area contributed by atoms with Crippen LogP contribution in [0, 0.1) is 5.92 Å². The highest BCUT2D eigenvalue weighted by molar-refractivity contribution is 5.67. The van der Waals surface area contributed by atoms with Gasteiger partial charge in [-0.25, -0.2) is 4.79 Å². The number of nitrogens with one attached hydrogen (secondary N) is 1. The normalized spacial score (nSPS) is 22.2. The fraction of sp³-hybridized carbons (Fsp3) is 0.368. The third-order valence-electron chi connectivity index (χ3n) is 4.52. The van der Waals surface area contributed by atoms with Gasteiger partial charge in [-0.3, -0.25) is 4.98 Å². The third kappa shape index (κ3) is 3.67. The van der Waals surface area contributed by atoms with Gasteiger partial charge in [-0.15, -0.1) is 0 Å². The van der Waals surface area contributed by atoms with Gasteiger partial charge in [-0.2, -0.15) is 0 Å². The highest BCUT2D eigenvalue weighted by Crippen LogP contribution is 2.37. The van der Waals surface area contributed by atoms with Crippen LogP contribution in [-0.2, 0) is 11.3 Å². The lowest BCUT2D eigenvalue weighted by molar-refractivity contribution is 0.108. The van der Waals surface area contributed by atoms with Crippen molar-refractivity contribution in [2.75, 3.05) is 6.54 Å². The number of rotatable bonds is 4. The zero-order valence-corrected chi connectivity index (χ0v) is 13.9. The number of fused-ring (bicyclic) bond motifs is 1. The van der Waals surface area contributed by atoms with E-state index < -0.39 is 6.09 Å². The van der Waals surface area contributed by atoms with Crippen molar-refractivity contribution in [1.82, 2.24) is 10.3 Å². The highest BCUT2D eigenvalue weighted by atomic mass is 16.5. The molecule has 126 valence electrons. The number of hydrogen-bond donors (Lipinski definition) is 1. The number of hydrogen-bond acceptors (Lipinski definition) is 4. The Bertz CT molecular complexity index is 690. The number of carbonyl (C=O) groups excluding carboxylic acids is 1. The molecule has 0 unspecified atom stereocenters. The van der Waals surface area contributed by atoms with E-state index >= 15 is 0 Å². The summed E-state index contributed by atoms with van der Waals surface area (Å²) >= 11 is 0. The second kappa shape index (κ2) is 7.34. The van der Waals surface area contributed by atoms with Gasteiger partial charge in [0.05, 0.1) is 11.8 Å². The molecule has 1 N–H and O–H groups in total. The van der Waals surface area contributed by atoms with Gasteiger partial charge in [0.2, 0.25) is 0 Å². The molecule has 1 aliphatic rings. The van der Waals surface area contributed by atoms with Gasteiger partial charge in [-0.05, 0) is 24.6 Å². The molecule has 3 atom stereocenters. The van der Waals surface area contributed by atoms with Crippen molar-refractivity contribution in [1.29, 1.82) is 0 Å². The molecule has 2 heterocycles. The first kappa shape index (κ1) is 16.3. The van der Waals surface area contributed by atoms with Crippen LogP contribution in [0.15, 0.2) is 48.7 Å². The summed E-state index contributed by atoms with van der Waals surface area (Å²) in [5, 5.41) is 2.86. The Morgan fingerprint density at radius 1 is 1.21 bits per heavy atom. The van der Waals surface area contributed by atoms with Crippen molar-refractivity contribution in [3.63, 3.8) is 0 Å². The molecule has 1 aliphatic heterocycles. The van der Waals surface area contributed by atoms with E-state index in [1.807, 2.05) is 49.4 Å². The average molecular weight is 326 g/mol. The maximum Gasteiger partial charge on any atom is 0.407 e. The monoisotopic (exact) mass is 326 g/mol. The Kier molecular flexibility index (Phi) is 4.99. The van der Waals surface area contributed by atoms with Crippen LogP contribution in [0.3, 0.4) is 0 Å². The van der Waals surface area contributed by atoms with Crippen molar-refractivity contribution < 1.29 is 14.3 Å². The predicted octanol–water partition coefficient (Wildman–Crippen LogP) is 3.51. The van der Waals surface area contributed by atoms with E-state index in [4.69, 9.17) is 9.47 Å². The van der Waals surface area contributed by atoms with Gasteiger partial charge in [0.1, 0.15) is 12.4 Å². The summed E-state index contributed by atoms with van der Waals surface area (Å²) in [4.78, 5) is 16.4. The second-order valence-corrected chi connectivity index (χ2v) is 6.12. The Hall–Kier alpha value is -2.56. The van der Waals surface area contributed by atoms with Crippen LogP contribution in [0.2, 0.25) is 0 Å². The molecule has 1 amide bonds. The fourth-order valence-electron chi connectivity index (χ4n) is 2.91. The number of ether oxygens (including phenoxy) is 2. The lowest BCUT2D eigenvalue weighted by Gasteiger charge is -2.35. The number of alkyl carbamates (subject to hydrolysis) is 1. The number of benzene rings is 1. The number of amides is 1. The molecule has 0 spiro atoms. The summed E-state index contributed by atoms with van der Waals surface area (Å²) < 4.78 is 11.1. The molecule has 5 heteroatoms. The van der Waals surface area contributed by atoms with Crippen molar-refractivity contribution >= 4 is 6.09 Å². The van der Waals surface area contributed by atoms with Crippen molar-refractivity contribution in [2.24, 2.45) is 5.92 Å². The minimum Gasteiger partial charge on any atom is -0.488 e. The first-order valence-electron chi connectivity index (χ1n) is 8.21. The van der Waals surface area contributed by atoms with Crippen molar-refractivity contribution in [3.05, 3.63) is 59.9 Å². The largest absolute Gasteiger partial charge is 0.488 e. The zero-order chi connectivity index (χ0) is 16.9. The molecule has 0 bridgehead atoms. The minimum atomic E-state index is -0.414. The van der Waals surface area contributed by atoms with Crippen molar-refractivity contribution in [3.8, 4) is 5.75 Å². The van der Waals surface area contributed by atoms with Crippen LogP contribution in [0.5, 0.6) is 5.75 Å². The molecule has 1 aromatic carbocycles. The molecule has 2 aromatic rings. The van der Waals surface area contributed by atoms with E-state index in [9.17, 15) is 4.79 Å². The van der Waals surface area contributed by atoms with Crippen LogP contribution in [0.1, 0.15) is 31.0 Å². The molecular formula is C19H22N2O3. The summed E-state index contributed by atoms with van der Waals surface area (Å²) in [6.07, 6.45) is 1.42. The molecule has 0 saturated carbocycles. The van der Waals surface area contributed by atoms with Crippen LogP contribution in [0.25, 0.3) is 0 Å². The summed E-state index contributed by atoms with van der Waals surface area (Å²) in [7, 11) is 0. The number of pyridine rings is 1. The van der Waals surface area contributed by atoms with E-state index in [-0.39, 0.29) is 24.5 Å². The summed E-state index contributed by atoms with van der Waals surface area (Å²) in [6, 6.07) is 13.4. The number of nitrogens with zero attached hydrogens (tertiary/aromatic N) is 1. The summed E-state index contributed by atoms with van der Waals surface area (Å²) in [5.74, 6) is 1.16. The van der Waals surface area contributed by atoms with Gasteiger partial charge in [0.25, 0.3) is 0 Å². The van der Waals surface area contributed by atoms with Gasteiger partial charge in [0, 0.05) is 24.6 Å². The summed E-state index contributed by atoms with van der Waals surface area (Å²) in [6.45, 7) is 4.90. The molecule has 3 rings (SSSR count). The maximum absolute atomic E-state index is 12.0. The molecule has 24 heavy (non-hydrogen) atoms. The van der Waals surface area contributed by atoms with E-state index in [0.717, 1.165) is 17.0 Å². The fourth-order valence-corrected chi connectivity index (χ4v) is 2.91. The average Bonchev–Trinajstić information content (AvgIpc) is 2.61. The van der Waals surface area contributed by atoms with Gasteiger partial charge in [-0.1, -0.05) is 37.3 Å². The Balaban J connectivity index is 1.58. The SMILES string of the molecule is C[C@H]1[C@H](CNC(=O)OCc2ccccc2)c2ncccc2O[C@@H]1C. The molecule has 0 fully saturated rings. The van der Waals surface area contributed by atoms with Crippen LogP contribution >= 0.6 is 0 Å². The Labute approximate surface area is 142 Å². The number of carbonyl (C=O) groups is 1. The molecule has 1 aromatic heterocycles. The predicted molar refractivity (Wildman–Crippen MR) is 90.9 cm³/mol. The number of aromatic nitrogens is 1. The standard InChI is InChI=1S/C19H22N2O3/c1-13-14(2)24-17-9-6-10-20-18(17)16(13)11-21-19(22)23-12-15-7-4-3-5-8-15/h3-10,13-14,16H,11-12H2,1-2H3,(H,21,22)/t13-,14-,16+/m1/s1.